The molecule has 0 atom stereocenters. The number of hydrogen-bond donors (Lipinski definition) is 1. The molecule has 3 aromatic carbocycles. The van der Waals surface area contributed by atoms with Crippen molar-refractivity contribution in [3.8, 4) is 28.1 Å². The Kier molecular flexibility index (Phi) is 5.49. The van der Waals surface area contributed by atoms with Crippen LogP contribution >= 0.6 is 11.6 Å². The second-order valence-electron chi connectivity index (χ2n) is 8.02. The number of nitrogens with zero attached hydrogens (tertiary/aromatic N) is 2. The third kappa shape index (κ3) is 3.61. The lowest BCUT2D eigenvalue weighted by molar-refractivity contribution is 0.476. The summed E-state index contributed by atoms with van der Waals surface area (Å²) in [4.78, 5) is 0. The molecule has 4 aromatic rings. The van der Waals surface area contributed by atoms with E-state index in [4.69, 9.17) is 16.7 Å². The predicted molar refractivity (Wildman–Crippen MR) is 138 cm³/mol. The van der Waals surface area contributed by atoms with Crippen molar-refractivity contribution in [1.29, 1.82) is 0 Å². The molecule has 0 spiro atoms. The highest BCUT2D eigenvalue weighted by Crippen LogP contribution is 2.40. The monoisotopic (exact) mass is 450 g/mol. The van der Waals surface area contributed by atoms with Crippen LogP contribution in [0.25, 0.3) is 39.7 Å². The van der Waals surface area contributed by atoms with Crippen LogP contribution in [0.5, 0.6) is 0 Å². The van der Waals surface area contributed by atoms with Gasteiger partial charge in [-0.2, -0.15) is 5.10 Å². The molecule has 33 heavy (non-hydrogen) atoms. The number of aryl methyl sites for hydroxylation is 1. The molecule has 5 rings (SSSR count). The topological polar surface area (TPSA) is 38.0 Å². The summed E-state index contributed by atoms with van der Waals surface area (Å²) in [5, 5.41) is 15.1. The summed E-state index contributed by atoms with van der Waals surface area (Å²) in [6.45, 7) is 7.76. The zero-order valence-corrected chi connectivity index (χ0v) is 18.9. The maximum Gasteiger partial charge on any atom is 0.0888 e. The lowest BCUT2D eigenvalue weighted by Gasteiger charge is -2.20. The summed E-state index contributed by atoms with van der Waals surface area (Å²) in [7, 11) is 0. The van der Waals surface area contributed by atoms with E-state index in [9.17, 15) is 5.11 Å². The summed E-state index contributed by atoms with van der Waals surface area (Å²) in [6, 6.07) is 22.4. The summed E-state index contributed by atoms with van der Waals surface area (Å²) in [6.07, 6.45) is 6.41. The van der Waals surface area contributed by atoms with E-state index in [1.165, 1.54) is 16.7 Å². The van der Waals surface area contributed by atoms with Crippen LogP contribution < -0.4 is 0 Å². The number of fused-ring (bicyclic) bond motifs is 3. The van der Waals surface area contributed by atoms with Gasteiger partial charge < -0.3 is 5.11 Å². The van der Waals surface area contributed by atoms with Crippen molar-refractivity contribution in [2.75, 3.05) is 0 Å². The molecule has 0 bridgehead atoms. The summed E-state index contributed by atoms with van der Waals surface area (Å²) >= 11 is 6.50. The number of hydrogen-bond acceptors (Lipinski definition) is 2. The minimum atomic E-state index is 0.672. The van der Waals surface area contributed by atoms with Crippen molar-refractivity contribution in [1.82, 2.24) is 9.78 Å². The third-order valence-electron chi connectivity index (χ3n) is 6.21. The Morgan fingerprint density at radius 2 is 1.76 bits per heavy atom. The highest BCUT2D eigenvalue weighted by atomic mass is 35.5. The Labute approximate surface area is 198 Å². The van der Waals surface area contributed by atoms with Crippen LogP contribution in [0.15, 0.2) is 92.2 Å². The van der Waals surface area contributed by atoms with E-state index >= 15 is 0 Å². The molecule has 1 N–H and O–H groups in total. The smallest absolute Gasteiger partial charge is 0.0888 e. The number of aromatic nitrogens is 2. The van der Waals surface area contributed by atoms with Crippen LogP contribution in [-0.2, 0) is 12.8 Å². The van der Waals surface area contributed by atoms with Gasteiger partial charge in [0.15, 0.2) is 0 Å². The van der Waals surface area contributed by atoms with Crippen molar-refractivity contribution in [2.45, 2.75) is 12.8 Å². The Hall–Kier alpha value is -3.82. The average Bonchev–Trinajstić information content (AvgIpc) is 3.24. The van der Waals surface area contributed by atoms with E-state index in [2.05, 4.69) is 31.4 Å². The SMILES string of the molecule is C=C/C(=C\O)c1ccc(-n2nc(C=C)c3c2-c2cc(-c4ccccc4Cl)ccc2CC3)cc1. The molecule has 1 aliphatic rings. The summed E-state index contributed by atoms with van der Waals surface area (Å²) in [5.41, 5.74) is 10.3. The molecule has 4 heteroatoms. The molecule has 0 fully saturated rings. The first kappa shape index (κ1) is 21.0. The van der Waals surface area contributed by atoms with Crippen molar-refractivity contribution >= 4 is 23.3 Å². The summed E-state index contributed by atoms with van der Waals surface area (Å²) in [5.74, 6) is 0. The van der Waals surface area contributed by atoms with E-state index in [1.807, 2.05) is 59.3 Å². The van der Waals surface area contributed by atoms with Crippen LogP contribution in [0, 0.1) is 0 Å². The number of halogens is 1. The van der Waals surface area contributed by atoms with E-state index < -0.39 is 0 Å². The fourth-order valence-electron chi connectivity index (χ4n) is 4.52. The van der Waals surface area contributed by atoms with Crippen LogP contribution in [-0.4, -0.2) is 14.9 Å². The number of benzene rings is 3. The van der Waals surface area contributed by atoms with Gasteiger partial charge in [0.2, 0.25) is 0 Å². The maximum absolute atomic E-state index is 9.44. The van der Waals surface area contributed by atoms with Gasteiger partial charge in [-0.25, -0.2) is 4.68 Å². The van der Waals surface area contributed by atoms with Crippen molar-refractivity contribution in [3.05, 3.63) is 120 Å². The third-order valence-corrected chi connectivity index (χ3v) is 6.54. The van der Waals surface area contributed by atoms with Crippen LogP contribution in [0.4, 0.5) is 0 Å². The quantitative estimate of drug-likeness (QED) is 0.250. The average molecular weight is 451 g/mol. The van der Waals surface area contributed by atoms with E-state index in [0.29, 0.717) is 5.57 Å². The van der Waals surface area contributed by atoms with E-state index in [0.717, 1.165) is 57.9 Å². The molecule has 3 nitrogen and oxygen atoms in total. The standard InChI is InChI=1S/C29H23ClN2O/c1-3-19(18-33)20-11-14-23(15-12-20)32-29-25(28(4-2)31-32)16-13-21-9-10-22(17-26(21)29)24-7-5-6-8-27(24)30/h3-12,14-15,17-18,33H,1-2,13,16H2/b19-18+. The lowest BCUT2D eigenvalue weighted by atomic mass is 9.86. The number of allylic oxidation sites excluding steroid dienone is 2. The molecule has 0 radical (unpaired) electrons. The molecular formula is C29H23ClN2O. The van der Waals surface area contributed by atoms with Gasteiger partial charge in [0.05, 0.1) is 23.3 Å². The maximum atomic E-state index is 9.44. The lowest BCUT2D eigenvalue weighted by Crippen LogP contribution is -2.07. The normalized spacial score (nSPS) is 12.7. The first-order chi connectivity index (χ1) is 16.1. The predicted octanol–water partition coefficient (Wildman–Crippen LogP) is 7.69. The van der Waals surface area contributed by atoms with Gasteiger partial charge >= 0.3 is 0 Å². The fourth-order valence-corrected chi connectivity index (χ4v) is 4.76. The van der Waals surface area contributed by atoms with E-state index in [1.54, 1.807) is 6.08 Å². The fraction of sp³-hybridized carbons (Fsp3) is 0.0690. The van der Waals surface area contributed by atoms with Gasteiger partial charge in [-0.15, -0.1) is 0 Å². The second kappa shape index (κ2) is 8.61. The molecule has 1 heterocycles. The van der Waals surface area contributed by atoms with Gasteiger partial charge in [0.1, 0.15) is 0 Å². The molecule has 162 valence electrons. The van der Waals surface area contributed by atoms with Gasteiger partial charge in [-0.3, -0.25) is 0 Å². The van der Waals surface area contributed by atoms with Gasteiger partial charge in [-0.05, 0) is 59.9 Å². The van der Waals surface area contributed by atoms with Crippen molar-refractivity contribution in [2.24, 2.45) is 0 Å². The zero-order chi connectivity index (χ0) is 22.9. The molecule has 1 aliphatic carbocycles. The number of aliphatic hydroxyl groups is 1. The Bertz CT molecular complexity index is 1410. The Morgan fingerprint density at radius 3 is 2.45 bits per heavy atom. The van der Waals surface area contributed by atoms with Gasteiger partial charge in [-0.1, -0.05) is 73.3 Å². The molecule has 0 unspecified atom stereocenters. The number of aliphatic hydroxyl groups excluding tert-OH is 1. The van der Waals surface area contributed by atoms with Crippen LogP contribution in [0.1, 0.15) is 22.4 Å². The highest BCUT2D eigenvalue weighted by Gasteiger charge is 2.25. The van der Waals surface area contributed by atoms with Crippen LogP contribution in [0.3, 0.4) is 0 Å². The minimum Gasteiger partial charge on any atom is -0.515 e. The van der Waals surface area contributed by atoms with Crippen molar-refractivity contribution in [3.63, 3.8) is 0 Å². The largest absolute Gasteiger partial charge is 0.515 e. The van der Waals surface area contributed by atoms with Crippen LogP contribution in [0.2, 0.25) is 5.02 Å². The highest BCUT2D eigenvalue weighted by molar-refractivity contribution is 6.33. The molecule has 0 saturated carbocycles. The first-order valence-corrected chi connectivity index (χ1v) is 11.2. The Morgan fingerprint density at radius 1 is 0.970 bits per heavy atom. The molecular weight excluding hydrogens is 428 g/mol. The van der Waals surface area contributed by atoms with Crippen molar-refractivity contribution < 1.29 is 5.11 Å². The first-order valence-electron chi connectivity index (χ1n) is 10.8. The van der Waals surface area contributed by atoms with Gasteiger partial charge in [0.25, 0.3) is 0 Å². The summed E-state index contributed by atoms with van der Waals surface area (Å²) < 4.78 is 2.00. The Balaban J connectivity index is 1.68. The molecule has 0 amide bonds. The molecule has 0 saturated heterocycles. The zero-order valence-electron chi connectivity index (χ0n) is 18.1. The number of rotatable bonds is 5. The van der Waals surface area contributed by atoms with Gasteiger partial charge in [0, 0.05) is 27.3 Å². The van der Waals surface area contributed by atoms with E-state index in [-0.39, 0.29) is 0 Å². The second-order valence-corrected chi connectivity index (χ2v) is 8.42. The molecule has 0 aliphatic heterocycles. The minimum absolute atomic E-state index is 0.672. The molecule has 1 aromatic heterocycles.